The molecule has 9 nitrogen and oxygen atoms in total. The lowest BCUT2D eigenvalue weighted by Crippen LogP contribution is -2.15. The molecule has 0 saturated heterocycles. The maximum Gasteiger partial charge on any atom is 0.226 e. The van der Waals surface area contributed by atoms with E-state index in [9.17, 15) is 8.42 Å². The average Bonchev–Trinajstić information content (AvgIpc) is 3.17. The topological polar surface area (TPSA) is 112 Å². The molecule has 0 aliphatic carbocycles. The Hall–Kier alpha value is -3.24. The number of para-hydroxylation sites is 1. The molecule has 32 heavy (non-hydrogen) atoms. The summed E-state index contributed by atoms with van der Waals surface area (Å²) in [6, 6.07) is 14.2. The summed E-state index contributed by atoms with van der Waals surface area (Å²) in [4.78, 5) is 8.67. The number of benzene rings is 2. The predicted molar refractivity (Wildman–Crippen MR) is 122 cm³/mol. The van der Waals surface area contributed by atoms with Gasteiger partial charge in [0.2, 0.25) is 5.28 Å². The summed E-state index contributed by atoms with van der Waals surface area (Å²) in [5.74, 6) is 1.02. The van der Waals surface area contributed by atoms with Crippen molar-refractivity contribution in [3.8, 4) is 5.75 Å². The molecule has 1 N–H and O–H groups in total. The van der Waals surface area contributed by atoms with E-state index >= 15 is 0 Å². The molecule has 0 saturated carbocycles. The maximum absolute atomic E-state index is 12.8. The molecule has 2 aromatic carbocycles. The Morgan fingerprint density at radius 3 is 2.50 bits per heavy atom. The van der Waals surface area contributed by atoms with E-state index in [2.05, 4.69) is 25.6 Å². The van der Waals surface area contributed by atoms with Gasteiger partial charge in [0.05, 0.1) is 29.5 Å². The summed E-state index contributed by atoms with van der Waals surface area (Å²) in [7, 11) is -1.91. The SMILES string of the molecule is COc1ccc(Cn2nnc3c(Nc4ccccc4S(=O)(=O)C(C)C)nc(Cl)nc32)cc1. The molecule has 0 fully saturated rings. The number of anilines is 2. The van der Waals surface area contributed by atoms with E-state index in [1.165, 1.54) is 0 Å². The number of hydrogen-bond donors (Lipinski definition) is 1. The zero-order valence-electron chi connectivity index (χ0n) is 17.7. The minimum Gasteiger partial charge on any atom is -0.497 e. The zero-order chi connectivity index (χ0) is 22.9. The quantitative estimate of drug-likeness (QED) is 0.403. The number of halogens is 1. The normalized spacial score (nSPS) is 11.8. The van der Waals surface area contributed by atoms with Crippen LogP contribution in [-0.2, 0) is 16.4 Å². The smallest absolute Gasteiger partial charge is 0.226 e. The monoisotopic (exact) mass is 472 g/mol. The number of rotatable bonds is 7. The van der Waals surface area contributed by atoms with Crippen molar-refractivity contribution < 1.29 is 13.2 Å². The summed E-state index contributed by atoms with van der Waals surface area (Å²) in [5.41, 5.74) is 2.14. The third-order valence-corrected chi connectivity index (χ3v) is 7.27. The van der Waals surface area contributed by atoms with E-state index in [0.717, 1.165) is 11.3 Å². The van der Waals surface area contributed by atoms with Crippen LogP contribution in [0.3, 0.4) is 0 Å². The Labute approximate surface area is 190 Å². The molecule has 166 valence electrons. The predicted octanol–water partition coefficient (Wildman–Crippen LogP) is 3.86. The summed E-state index contributed by atoms with van der Waals surface area (Å²) in [5, 5.41) is 10.9. The van der Waals surface area contributed by atoms with Crippen LogP contribution in [0.5, 0.6) is 5.75 Å². The van der Waals surface area contributed by atoms with Crippen LogP contribution in [0.15, 0.2) is 53.4 Å². The van der Waals surface area contributed by atoms with E-state index in [0.29, 0.717) is 23.4 Å². The summed E-state index contributed by atoms with van der Waals surface area (Å²) >= 11 is 6.18. The molecule has 4 aromatic rings. The number of sulfone groups is 1. The molecule has 0 spiro atoms. The second-order valence-corrected chi connectivity index (χ2v) is 10.1. The van der Waals surface area contributed by atoms with Crippen molar-refractivity contribution in [2.24, 2.45) is 0 Å². The van der Waals surface area contributed by atoms with Gasteiger partial charge in [-0.2, -0.15) is 9.97 Å². The van der Waals surface area contributed by atoms with Gasteiger partial charge in [-0.15, -0.1) is 5.10 Å². The Bertz CT molecular complexity index is 1370. The molecule has 0 unspecified atom stereocenters. The largest absolute Gasteiger partial charge is 0.497 e. The molecular formula is C21H21ClN6O3S. The number of aromatic nitrogens is 5. The van der Waals surface area contributed by atoms with E-state index in [1.54, 1.807) is 49.9 Å². The van der Waals surface area contributed by atoms with Crippen molar-refractivity contribution in [2.45, 2.75) is 30.5 Å². The third kappa shape index (κ3) is 4.23. The fourth-order valence-electron chi connectivity index (χ4n) is 3.13. The number of ether oxygens (including phenoxy) is 1. The van der Waals surface area contributed by atoms with Crippen molar-refractivity contribution in [2.75, 3.05) is 12.4 Å². The van der Waals surface area contributed by atoms with Crippen LogP contribution in [0.25, 0.3) is 11.2 Å². The van der Waals surface area contributed by atoms with Crippen molar-refractivity contribution in [1.29, 1.82) is 0 Å². The molecule has 4 rings (SSSR count). The average molecular weight is 473 g/mol. The second-order valence-electron chi connectivity index (χ2n) is 7.32. The van der Waals surface area contributed by atoms with Crippen molar-refractivity contribution in [3.05, 3.63) is 59.4 Å². The first-order valence-corrected chi connectivity index (χ1v) is 11.7. The molecule has 2 heterocycles. The van der Waals surface area contributed by atoms with Crippen molar-refractivity contribution in [1.82, 2.24) is 25.0 Å². The number of hydrogen-bond acceptors (Lipinski definition) is 8. The van der Waals surface area contributed by atoms with Crippen LogP contribution < -0.4 is 10.1 Å². The third-order valence-electron chi connectivity index (χ3n) is 4.89. The highest BCUT2D eigenvalue weighted by Gasteiger charge is 2.23. The van der Waals surface area contributed by atoms with Crippen LogP contribution >= 0.6 is 11.6 Å². The molecular weight excluding hydrogens is 452 g/mol. The van der Waals surface area contributed by atoms with Gasteiger partial charge in [0.1, 0.15) is 5.75 Å². The van der Waals surface area contributed by atoms with Gasteiger partial charge >= 0.3 is 0 Å². The standard InChI is InChI=1S/C21H21ClN6O3S/c1-13(2)32(29,30)17-7-5-4-6-16(17)23-19-18-20(25-21(22)24-19)28(27-26-18)12-14-8-10-15(31-3)11-9-14/h4-11,13H,12H2,1-3H3,(H,23,24,25). The molecule has 11 heteroatoms. The first-order valence-electron chi connectivity index (χ1n) is 9.79. The lowest BCUT2D eigenvalue weighted by atomic mass is 10.2. The molecule has 0 amide bonds. The highest BCUT2D eigenvalue weighted by atomic mass is 35.5. The van der Waals surface area contributed by atoms with Gasteiger partial charge in [0.15, 0.2) is 26.8 Å². The molecule has 0 radical (unpaired) electrons. The molecule has 0 aliphatic rings. The first-order chi connectivity index (χ1) is 15.3. The lowest BCUT2D eigenvalue weighted by Gasteiger charge is -2.14. The van der Waals surface area contributed by atoms with Crippen molar-refractivity contribution in [3.63, 3.8) is 0 Å². The van der Waals surface area contributed by atoms with Gasteiger partial charge in [-0.05, 0) is 55.3 Å². The van der Waals surface area contributed by atoms with Crippen LogP contribution in [0, 0.1) is 0 Å². The molecule has 2 aromatic heterocycles. The Morgan fingerprint density at radius 2 is 1.81 bits per heavy atom. The van der Waals surface area contributed by atoms with E-state index in [-0.39, 0.29) is 16.0 Å². The Balaban J connectivity index is 1.73. The lowest BCUT2D eigenvalue weighted by molar-refractivity contribution is 0.414. The van der Waals surface area contributed by atoms with Gasteiger partial charge in [0.25, 0.3) is 0 Å². The molecule has 0 bridgehead atoms. The summed E-state index contributed by atoms with van der Waals surface area (Å²) in [6.45, 7) is 3.68. The van der Waals surface area contributed by atoms with Gasteiger partial charge in [-0.25, -0.2) is 13.1 Å². The van der Waals surface area contributed by atoms with Gasteiger partial charge in [-0.3, -0.25) is 0 Å². The summed E-state index contributed by atoms with van der Waals surface area (Å²) in [6.07, 6.45) is 0. The maximum atomic E-state index is 12.8. The highest BCUT2D eigenvalue weighted by molar-refractivity contribution is 7.92. The van der Waals surface area contributed by atoms with E-state index in [4.69, 9.17) is 16.3 Å². The van der Waals surface area contributed by atoms with Crippen LogP contribution in [0.1, 0.15) is 19.4 Å². The highest BCUT2D eigenvalue weighted by Crippen LogP contribution is 2.30. The van der Waals surface area contributed by atoms with Gasteiger partial charge in [0, 0.05) is 0 Å². The van der Waals surface area contributed by atoms with Gasteiger partial charge < -0.3 is 10.1 Å². The van der Waals surface area contributed by atoms with Crippen LogP contribution in [-0.4, -0.2) is 45.7 Å². The molecule has 0 aliphatic heterocycles. The number of methoxy groups -OCH3 is 1. The van der Waals surface area contributed by atoms with E-state index < -0.39 is 15.1 Å². The Morgan fingerprint density at radius 1 is 1.09 bits per heavy atom. The zero-order valence-corrected chi connectivity index (χ0v) is 19.2. The van der Waals surface area contributed by atoms with Gasteiger partial charge in [-0.1, -0.05) is 29.5 Å². The Kier molecular flexibility index (Phi) is 5.98. The van der Waals surface area contributed by atoms with Crippen LogP contribution in [0.4, 0.5) is 11.5 Å². The van der Waals surface area contributed by atoms with Crippen molar-refractivity contribution >= 4 is 44.1 Å². The second kappa shape index (κ2) is 8.71. The van der Waals surface area contributed by atoms with E-state index in [1.807, 2.05) is 24.3 Å². The fourth-order valence-corrected chi connectivity index (χ4v) is 4.49. The number of nitrogens with one attached hydrogen (secondary N) is 1. The molecule has 0 atom stereocenters. The summed E-state index contributed by atoms with van der Waals surface area (Å²) < 4.78 is 32.4. The van der Waals surface area contributed by atoms with Crippen LogP contribution in [0.2, 0.25) is 5.28 Å². The fraction of sp³-hybridized carbons (Fsp3) is 0.238. The number of nitrogens with zero attached hydrogens (tertiary/aromatic N) is 5. The minimum atomic E-state index is -3.52. The first kappa shape index (κ1) is 22.0. The minimum absolute atomic E-state index is 0.0116. The number of fused-ring (bicyclic) bond motifs is 1.